The number of fused-ring (bicyclic) bond motifs is 2. The standard InChI is InChI=1S/C17H16N4O3/c18-8-15-19-9-16(24-15)23-12-4-1-10(2-5-12)17(22)21-14-7-11-3-6-13(14)20-11/h1-2,4-5,9,11,13-14,20H,3,6-7H2,(H,21,22). The second-order valence-corrected chi connectivity index (χ2v) is 6.09. The van der Waals surface area contributed by atoms with Crippen molar-refractivity contribution in [2.75, 3.05) is 0 Å². The number of oxazole rings is 1. The van der Waals surface area contributed by atoms with E-state index in [4.69, 9.17) is 14.4 Å². The molecule has 3 unspecified atom stereocenters. The van der Waals surface area contributed by atoms with Crippen molar-refractivity contribution in [2.45, 2.75) is 37.4 Å². The van der Waals surface area contributed by atoms with Gasteiger partial charge >= 0.3 is 11.8 Å². The number of rotatable bonds is 4. The van der Waals surface area contributed by atoms with Crippen molar-refractivity contribution in [1.82, 2.24) is 15.6 Å². The lowest BCUT2D eigenvalue weighted by atomic mass is 9.95. The minimum Gasteiger partial charge on any atom is -0.425 e. The lowest BCUT2D eigenvalue weighted by Gasteiger charge is -2.21. The summed E-state index contributed by atoms with van der Waals surface area (Å²) < 4.78 is 10.5. The molecule has 2 aromatic rings. The van der Waals surface area contributed by atoms with Gasteiger partial charge in [-0.05, 0) is 43.5 Å². The zero-order valence-corrected chi connectivity index (χ0v) is 12.9. The van der Waals surface area contributed by atoms with Gasteiger partial charge in [0.1, 0.15) is 11.9 Å². The third-order valence-electron chi connectivity index (χ3n) is 4.53. The Morgan fingerprint density at radius 2 is 2.21 bits per heavy atom. The second kappa shape index (κ2) is 5.98. The van der Waals surface area contributed by atoms with Crippen LogP contribution in [0.1, 0.15) is 35.5 Å². The zero-order chi connectivity index (χ0) is 16.5. The average Bonchev–Trinajstić information content (AvgIpc) is 3.32. The Labute approximate surface area is 138 Å². The van der Waals surface area contributed by atoms with E-state index in [9.17, 15) is 4.79 Å². The minimum absolute atomic E-state index is 0.0551. The van der Waals surface area contributed by atoms with Crippen molar-refractivity contribution in [3.8, 4) is 17.8 Å². The van der Waals surface area contributed by atoms with Crippen LogP contribution >= 0.6 is 0 Å². The Balaban J connectivity index is 1.38. The summed E-state index contributed by atoms with van der Waals surface area (Å²) in [6.07, 6.45) is 4.67. The minimum atomic E-state index is -0.0765. The van der Waals surface area contributed by atoms with Crippen molar-refractivity contribution >= 4 is 5.91 Å². The lowest BCUT2D eigenvalue weighted by Crippen LogP contribution is -2.42. The first-order valence-electron chi connectivity index (χ1n) is 7.92. The molecule has 122 valence electrons. The number of benzene rings is 1. The molecule has 2 fully saturated rings. The topological polar surface area (TPSA) is 100 Å². The second-order valence-electron chi connectivity index (χ2n) is 6.09. The molecule has 2 N–H and O–H groups in total. The van der Waals surface area contributed by atoms with Gasteiger partial charge in [-0.3, -0.25) is 4.79 Å². The Morgan fingerprint density at radius 3 is 2.83 bits per heavy atom. The summed E-state index contributed by atoms with van der Waals surface area (Å²) in [6.45, 7) is 0. The van der Waals surface area contributed by atoms with Crippen LogP contribution in [-0.2, 0) is 0 Å². The number of carbonyl (C=O) groups excluding carboxylic acids is 1. The molecule has 2 saturated heterocycles. The highest BCUT2D eigenvalue weighted by atomic mass is 16.6. The number of hydrogen-bond acceptors (Lipinski definition) is 6. The largest absolute Gasteiger partial charge is 0.425 e. The molecule has 0 saturated carbocycles. The highest BCUT2D eigenvalue weighted by Crippen LogP contribution is 2.28. The number of amides is 1. The molecule has 0 spiro atoms. The fourth-order valence-electron chi connectivity index (χ4n) is 3.38. The molecule has 1 aromatic heterocycles. The summed E-state index contributed by atoms with van der Waals surface area (Å²) in [7, 11) is 0. The molecule has 1 aromatic carbocycles. The molecule has 0 radical (unpaired) electrons. The molecule has 1 amide bonds. The van der Waals surface area contributed by atoms with Gasteiger partial charge in [0, 0.05) is 23.7 Å². The van der Waals surface area contributed by atoms with E-state index in [1.807, 2.05) is 0 Å². The summed E-state index contributed by atoms with van der Waals surface area (Å²) in [5.74, 6) is 0.512. The number of nitriles is 1. The highest BCUT2D eigenvalue weighted by Gasteiger charge is 2.39. The molecule has 2 aliphatic heterocycles. The van der Waals surface area contributed by atoms with Gasteiger partial charge in [-0.15, -0.1) is 0 Å². The fourth-order valence-corrected chi connectivity index (χ4v) is 3.38. The van der Waals surface area contributed by atoms with E-state index in [0.717, 1.165) is 12.8 Å². The van der Waals surface area contributed by atoms with Gasteiger partial charge in [0.25, 0.3) is 5.91 Å². The van der Waals surface area contributed by atoms with Gasteiger partial charge < -0.3 is 19.8 Å². The maximum Gasteiger partial charge on any atom is 0.311 e. The van der Waals surface area contributed by atoms with Gasteiger partial charge in [0.05, 0.1) is 0 Å². The summed E-state index contributed by atoms with van der Waals surface area (Å²) >= 11 is 0. The third-order valence-corrected chi connectivity index (χ3v) is 4.53. The van der Waals surface area contributed by atoms with Crippen LogP contribution in [0.15, 0.2) is 34.9 Å². The first-order valence-corrected chi connectivity index (χ1v) is 7.92. The molecule has 4 rings (SSSR count). The maximum absolute atomic E-state index is 12.3. The van der Waals surface area contributed by atoms with Crippen LogP contribution in [0.4, 0.5) is 0 Å². The molecule has 2 bridgehead atoms. The van der Waals surface area contributed by atoms with Gasteiger partial charge in [-0.2, -0.15) is 5.26 Å². The van der Waals surface area contributed by atoms with E-state index in [0.29, 0.717) is 23.4 Å². The normalized spacial score (nSPS) is 24.5. The number of nitrogens with one attached hydrogen (secondary N) is 2. The summed E-state index contributed by atoms with van der Waals surface area (Å²) in [5, 5.41) is 15.3. The number of hydrogen-bond donors (Lipinski definition) is 2. The highest BCUT2D eigenvalue weighted by molar-refractivity contribution is 5.94. The Morgan fingerprint density at radius 1 is 1.38 bits per heavy atom. The first kappa shape index (κ1) is 14.7. The monoisotopic (exact) mass is 324 g/mol. The van der Waals surface area contributed by atoms with Crippen molar-refractivity contribution in [3.05, 3.63) is 41.9 Å². The number of ether oxygens (including phenoxy) is 1. The lowest BCUT2D eigenvalue weighted by molar-refractivity contribution is 0.0931. The fraction of sp³-hybridized carbons (Fsp3) is 0.353. The predicted octanol–water partition coefficient (Wildman–Crippen LogP) is 1.96. The number of aromatic nitrogens is 1. The molecule has 24 heavy (non-hydrogen) atoms. The Hall–Kier alpha value is -2.85. The van der Waals surface area contributed by atoms with E-state index >= 15 is 0 Å². The van der Waals surface area contributed by atoms with Crippen LogP contribution in [0.5, 0.6) is 11.7 Å². The SMILES string of the molecule is N#Cc1ncc(Oc2ccc(C(=O)NC3CC4CCC3N4)cc2)o1. The molecular weight excluding hydrogens is 308 g/mol. The summed E-state index contributed by atoms with van der Waals surface area (Å²) in [5.41, 5.74) is 0.584. The van der Waals surface area contributed by atoms with Crippen LogP contribution in [0.25, 0.3) is 0 Å². The van der Waals surface area contributed by atoms with Gasteiger partial charge in [-0.1, -0.05) is 0 Å². The van der Waals surface area contributed by atoms with Gasteiger partial charge in [0.2, 0.25) is 0 Å². The van der Waals surface area contributed by atoms with Crippen LogP contribution in [0, 0.1) is 11.3 Å². The molecule has 0 aliphatic carbocycles. The summed E-state index contributed by atoms with van der Waals surface area (Å²) in [6, 6.07) is 9.73. The van der Waals surface area contributed by atoms with Gasteiger partial charge in [0.15, 0.2) is 6.07 Å². The Bertz CT molecular complexity index is 793. The number of nitrogens with zero attached hydrogens (tertiary/aromatic N) is 2. The van der Waals surface area contributed by atoms with Crippen molar-refractivity contribution in [1.29, 1.82) is 5.26 Å². The third kappa shape index (κ3) is 2.84. The van der Waals surface area contributed by atoms with Crippen LogP contribution in [-0.4, -0.2) is 29.0 Å². The van der Waals surface area contributed by atoms with Crippen molar-refractivity contribution in [3.63, 3.8) is 0 Å². The quantitative estimate of drug-likeness (QED) is 0.892. The molecule has 3 atom stereocenters. The van der Waals surface area contributed by atoms with E-state index in [2.05, 4.69) is 15.6 Å². The van der Waals surface area contributed by atoms with E-state index in [-0.39, 0.29) is 23.8 Å². The molecule has 7 nitrogen and oxygen atoms in total. The van der Waals surface area contributed by atoms with Crippen LogP contribution in [0.2, 0.25) is 0 Å². The van der Waals surface area contributed by atoms with Crippen molar-refractivity contribution in [2.24, 2.45) is 0 Å². The van der Waals surface area contributed by atoms with E-state index in [1.165, 1.54) is 12.6 Å². The maximum atomic E-state index is 12.3. The predicted molar refractivity (Wildman–Crippen MR) is 83.6 cm³/mol. The van der Waals surface area contributed by atoms with Crippen LogP contribution in [0.3, 0.4) is 0 Å². The van der Waals surface area contributed by atoms with Crippen LogP contribution < -0.4 is 15.4 Å². The zero-order valence-electron chi connectivity index (χ0n) is 12.9. The smallest absolute Gasteiger partial charge is 0.311 e. The molecule has 7 heteroatoms. The van der Waals surface area contributed by atoms with Crippen molar-refractivity contribution < 1.29 is 13.9 Å². The molecular formula is C17H16N4O3. The number of carbonyl (C=O) groups is 1. The molecule has 2 aliphatic rings. The Kier molecular flexibility index (Phi) is 3.67. The van der Waals surface area contributed by atoms with Gasteiger partial charge in [-0.25, -0.2) is 4.98 Å². The summed E-state index contributed by atoms with van der Waals surface area (Å²) in [4.78, 5) is 16.1. The van der Waals surface area contributed by atoms with E-state index < -0.39 is 0 Å². The average molecular weight is 324 g/mol. The first-order chi connectivity index (χ1) is 11.7. The van der Waals surface area contributed by atoms with E-state index in [1.54, 1.807) is 30.3 Å². The molecule has 3 heterocycles.